The maximum Gasteiger partial charge on any atom is 0.282 e. The molecule has 0 fully saturated rings. The Bertz CT molecular complexity index is 1230. The van der Waals surface area contributed by atoms with Gasteiger partial charge in [0.05, 0.1) is 23.9 Å². The fourth-order valence-corrected chi connectivity index (χ4v) is 5.47. The first-order valence-electron chi connectivity index (χ1n) is 10.5. The van der Waals surface area contributed by atoms with E-state index in [1.807, 2.05) is 44.2 Å². The number of fused-ring (bicyclic) bond motifs is 1. The number of hydrogen-bond acceptors (Lipinski definition) is 5. The van der Waals surface area contributed by atoms with Gasteiger partial charge in [-0.2, -0.15) is 9.40 Å². The van der Waals surface area contributed by atoms with Gasteiger partial charge >= 0.3 is 0 Å². The summed E-state index contributed by atoms with van der Waals surface area (Å²) in [5.41, 5.74) is 2.56. The van der Waals surface area contributed by atoms with Gasteiger partial charge in [-0.15, -0.1) is 0 Å². The molecule has 0 aliphatic carbocycles. The smallest absolute Gasteiger partial charge is 0.282 e. The standard InChI is InChI=1S/C23H26N4O4S/c1-4-25(5-2)32(29,30)19-11-12-20-17(15-19)13-14-26(20)23(28)22-21(31-3)16-27(24-22)18-9-7-6-8-10-18/h6-12,15-16H,4-5,13-14H2,1-3H3. The van der Waals surface area contributed by atoms with Crippen molar-refractivity contribution in [2.75, 3.05) is 31.6 Å². The van der Waals surface area contributed by atoms with E-state index in [2.05, 4.69) is 5.10 Å². The van der Waals surface area contributed by atoms with E-state index in [9.17, 15) is 13.2 Å². The molecule has 0 unspecified atom stereocenters. The number of ether oxygens (including phenoxy) is 1. The van der Waals surface area contributed by atoms with E-state index in [4.69, 9.17) is 4.74 Å². The molecule has 168 valence electrons. The van der Waals surface area contributed by atoms with E-state index >= 15 is 0 Å². The number of aromatic nitrogens is 2. The monoisotopic (exact) mass is 454 g/mol. The molecule has 1 amide bonds. The number of para-hydroxylation sites is 1. The van der Waals surface area contributed by atoms with E-state index in [1.165, 1.54) is 11.4 Å². The number of rotatable bonds is 7. The van der Waals surface area contributed by atoms with Crippen molar-refractivity contribution < 1.29 is 17.9 Å². The van der Waals surface area contributed by atoms with E-state index in [1.54, 1.807) is 34.0 Å². The summed E-state index contributed by atoms with van der Waals surface area (Å²) in [6.07, 6.45) is 2.25. The first kappa shape index (κ1) is 22.0. The maximum absolute atomic E-state index is 13.4. The number of nitrogens with zero attached hydrogens (tertiary/aromatic N) is 4. The third-order valence-electron chi connectivity index (χ3n) is 5.66. The third-order valence-corrected chi connectivity index (χ3v) is 7.70. The normalized spacial score (nSPS) is 13.4. The highest BCUT2D eigenvalue weighted by molar-refractivity contribution is 7.89. The van der Waals surface area contributed by atoms with Crippen molar-refractivity contribution in [3.63, 3.8) is 0 Å². The van der Waals surface area contributed by atoms with Crippen LogP contribution in [0.1, 0.15) is 29.9 Å². The second-order valence-electron chi connectivity index (χ2n) is 7.41. The van der Waals surface area contributed by atoms with Crippen molar-refractivity contribution in [2.24, 2.45) is 0 Å². The summed E-state index contributed by atoms with van der Waals surface area (Å²) in [5, 5.41) is 4.47. The van der Waals surface area contributed by atoms with Crippen LogP contribution in [0.3, 0.4) is 0 Å². The SMILES string of the molecule is CCN(CC)S(=O)(=O)c1ccc2c(c1)CCN2C(=O)c1nn(-c2ccccc2)cc1OC. The number of carbonyl (C=O) groups is 1. The molecule has 1 aromatic heterocycles. The van der Waals surface area contributed by atoms with Crippen molar-refractivity contribution >= 4 is 21.6 Å². The molecule has 1 aliphatic rings. The van der Waals surface area contributed by atoms with Gasteiger partial charge in [0, 0.05) is 25.3 Å². The fourth-order valence-electron chi connectivity index (χ4n) is 3.96. The lowest BCUT2D eigenvalue weighted by molar-refractivity contribution is 0.0981. The minimum absolute atomic E-state index is 0.212. The van der Waals surface area contributed by atoms with Crippen LogP contribution in [0.5, 0.6) is 5.75 Å². The molecule has 32 heavy (non-hydrogen) atoms. The molecule has 3 aromatic rings. The van der Waals surface area contributed by atoms with Gasteiger partial charge in [0.1, 0.15) is 0 Å². The van der Waals surface area contributed by atoms with Crippen molar-refractivity contribution in [2.45, 2.75) is 25.2 Å². The van der Waals surface area contributed by atoms with Gasteiger partial charge in [0.2, 0.25) is 10.0 Å². The molecule has 0 bridgehead atoms. The van der Waals surface area contributed by atoms with Gasteiger partial charge in [0.25, 0.3) is 5.91 Å². The zero-order valence-electron chi connectivity index (χ0n) is 18.4. The van der Waals surface area contributed by atoms with Crippen LogP contribution in [0.15, 0.2) is 59.6 Å². The first-order chi connectivity index (χ1) is 15.4. The number of amides is 1. The predicted octanol–water partition coefficient (Wildman–Crippen LogP) is 3.11. The zero-order chi connectivity index (χ0) is 22.9. The molecule has 0 saturated carbocycles. The van der Waals surface area contributed by atoms with Gasteiger partial charge in [-0.25, -0.2) is 13.1 Å². The minimum atomic E-state index is -3.56. The summed E-state index contributed by atoms with van der Waals surface area (Å²) in [7, 11) is -2.05. The number of anilines is 1. The quantitative estimate of drug-likeness (QED) is 0.548. The van der Waals surface area contributed by atoms with Crippen LogP contribution in [0.25, 0.3) is 5.69 Å². The van der Waals surface area contributed by atoms with Gasteiger partial charge in [0.15, 0.2) is 11.4 Å². The van der Waals surface area contributed by atoms with E-state index in [0.29, 0.717) is 37.5 Å². The molecule has 0 N–H and O–H groups in total. The average molecular weight is 455 g/mol. The highest BCUT2D eigenvalue weighted by Gasteiger charge is 2.31. The number of carbonyl (C=O) groups excluding carboxylic acids is 1. The highest BCUT2D eigenvalue weighted by Crippen LogP contribution is 2.33. The van der Waals surface area contributed by atoms with Crippen LogP contribution < -0.4 is 9.64 Å². The topological polar surface area (TPSA) is 84.7 Å². The fraction of sp³-hybridized carbons (Fsp3) is 0.304. The lowest BCUT2D eigenvalue weighted by Crippen LogP contribution is -2.31. The van der Waals surface area contributed by atoms with Crippen molar-refractivity contribution in [3.8, 4) is 11.4 Å². The molecular formula is C23H26N4O4S. The van der Waals surface area contributed by atoms with Crippen LogP contribution in [0, 0.1) is 0 Å². The summed E-state index contributed by atoms with van der Waals surface area (Å²) in [6, 6.07) is 14.4. The molecule has 2 aromatic carbocycles. The Labute approximate surface area is 188 Å². The summed E-state index contributed by atoms with van der Waals surface area (Å²) >= 11 is 0. The molecule has 0 radical (unpaired) electrons. The molecule has 1 aliphatic heterocycles. The first-order valence-corrected chi connectivity index (χ1v) is 12.0. The molecule has 4 rings (SSSR count). The Balaban J connectivity index is 1.66. The number of methoxy groups -OCH3 is 1. The van der Waals surface area contributed by atoms with Crippen LogP contribution in [0.2, 0.25) is 0 Å². The molecule has 8 nitrogen and oxygen atoms in total. The van der Waals surface area contributed by atoms with Crippen LogP contribution >= 0.6 is 0 Å². The zero-order valence-corrected chi connectivity index (χ0v) is 19.2. The minimum Gasteiger partial charge on any atom is -0.493 e. The second kappa shape index (κ2) is 8.76. The van der Waals surface area contributed by atoms with Crippen LogP contribution in [-0.2, 0) is 16.4 Å². The largest absolute Gasteiger partial charge is 0.493 e. The van der Waals surface area contributed by atoms with Gasteiger partial charge in [-0.3, -0.25) is 4.79 Å². The predicted molar refractivity (Wildman–Crippen MR) is 122 cm³/mol. The summed E-state index contributed by atoms with van der Waals surface area (Å²) < 4.78 is 34.2. The van der Waals surface area contributed by atoms with Crippen molar-refractivity contribution in [1.29, 1.82) is 0 Å². The lowest BCUT2D eigenvalue weighted by Gasteiger charge is -2.20. The second-order valence-corrected chi connectivity index (χ2v) is 9.35. The molecule has 2 heterocycles. The van der Waals surface area contributed by atoms with E-state index < -0.39 is 10.0 Å². The molecule has 0 saturated heterocycles. The van der Waals surface area contributed by atoms with Gasteiger partial charge in [-0.05, 0) is 42.3 Å². The van der Waals surface area contributed by atoms with Gasteiger partial charge in [-0.1, -0.05) is 32.0 Å². The molecular weight excluding hydrogens is 428 g/mol. The highest BCUT2D eigenvalue weighted by atomic mass is 32.2. The third kappa shape index (κ3) is 3.78. The van der Waals surface area contributed by atoms with Crippen molar-refractivity contribution in [3.05, 3.63) is 66.0 Å². The Morgan fingerprint density at radius 1 is 1.12 bits per heavy atom. The Kier molecular flexibility index (Phi) is 6.03. The van der Waals surface area contributed by atoms with Crippen LogP contribution in [0.4, 0.5) is 5.69 Å². The summed E-state index contributed by atoms with van der Waals surface area (Å²) in [6.45, 7) is 4.90. The summed E-state index contributed by atoms with van der Waals surface area (Å²) in [5.74, 6) is 0.0997. The maximum atomic E-state index is 13.4. The lowest BCUT2D eigenvalue weighted by atomic mass is 10.2. The average Bonchev–Trinajstić information content (AvgIpc) is 3.44. The van der Waals surface area contributed by atoms with Crippen molar-refractivity contribution in [1.82, 2.24) is 14.1 Å². The van der Waals surface area contributed by atoms with Gasteiger partial charge < -0.3 is 9.64 Å². The Hall–Kier alpha value is -3.17. The summed E-state index contributed by atoms with van der Waals surface area (Å²) in [4.78, 5) is 15.2. The number of hydrogen-bond donors (Lipinski definition) is 0. The number of sulfonamides is 1. The molecule has 9 heteroatoms. The Morgan fingerprint density at radius 3 is 2.50 bits per heavy atom. The van der Waals surface area contributed by atoms with Crippen LogP contribution in [-0.4, -0.2) is 55.2 Å². The molecule has 0 atom stereocenters. The van der Waals surface area contributed by atoms with E-state index in [-0.39, 0.29) is 16.5 Å². The number of benzene rings is 2. The molecule has 0 spiro atoms. The van der Waals surface area contributed by atoms with E-state index in [0.717, 1.165) is 11.3 Å². The Morgan fingerprint density at radius 2 is 1.84 bits per heavy atom.